The standard InChI is InChI=1S/C13H12O5/c1-7(14)11-6-9-10(18-11)5-4-8(12(9)16-2)13(15)17-3/h4-6H,1-3H3. The summed E-state index contributed by atoms with van der Waals surface area (Å²) >= 11 is 0. The fourth-order valence-electron chi connectivity index (χ4n) is 1.75. The van der Waals surface area contributed by atoms with Gasteiger partial charge < -0.3 is 13.9 Å². The highest BCUT2D eigenvalue weighted by atomic mass is 16.5. The summed E-state index contributed by atoms with van der Waals surface area (Å²) in [7, 11) is 2.74. The van der Waals surface area contributed by atoms with E-state index in [2.05, 4.69) is 4.74 Å². The Kier molecular flexibility index (Phi) is 3.06. The van der Waals surface area contributed by atoms with Gasteiger partial charge in [0.25, 0.3) is 0 Å². The molecule has 0 atom stereocenters. The van der Waals surface area contributed by atoms with Gasteiger partial charge >= 0.3 is 5.97 Å². The zero-order chi connectivity index (χ0) is 13.3. The molecule has 0 fully saturated rings. The zero-order valence-corrected chi connectivity index (χ0v) is 10.3. The van der Waals surface area contributed by atoms with E-state index in [9.17, 15) is 9.59 Å². The van der Waals surface area contributed by atoms with Gasteiger partial charge in [0, 0.05) is 6.92 Å². The summed E-state index contributed by atoms with van der Waals surface area (Å²) < 4.78 is 15.2. The van der Waals surface area contributed by atoms with Crippen LogP contribution in [-0.4, -0.2) is 26.0 Å². The molecule has 0 aliphatic rings. The van der Waals surface area contributed by atoms with Crippen molar-refractivity contribution < 1.29 is 23.5 Å². The molecule has 0 amide bonds. The first kappa shape index (κ1) is 12.2. The summed E-state index contributed by atoms with van der Waals surface area (Å²) in [6.07, 6.45) is 0. The van der Waals surface area contributed by atoms with Crippen LogP contribution in [0.3, 0.4) is 0 Å². The Hall–Kier alpha value is -2.30. The molecule has 2 aromatic rings. The van der Waals surface area contributed by atoms with Gasteiger partial charge in [0.15, 0.2) is 11.5 Å². The first-order chi connectivity index (χ1) is 8.58. The van der Waals surface area contributed by atoms with Gasteiger partial charge in [0.2, 0.25) is 0 Å². The Labute approximate surface area is 103 Å². The summed E-state index contributed by atoms with van der Waals surface area (Å²) in [5.74, 6) is -0.117. The van der Waals surface area contributed by atoms with E-state index in [1.807, 2.05) is 0 Å². The zero-order valence-electron chi connectivity index (χ0n) is 10.3. The van der Waals surface area contributed by atoms with Gasteiger partial charge in [-0.05, 0) is 18.2 Å². The largest absolute Gasteiger partial charge is 0.495 e. The molecule has 0 aliphatic carbocycles. The topological polar surface area (TPSA) is 65.7 Å². The summed E-state index contributed by atoms with van der Waals surface area (Å²) in [4.78, 5) is 22.8. The lowest BCUT2D eigenvalue weighted by Gasteiger charge is -2.06. The minimum absolute atomic E-state index is 0.187. The number of fused-ring (bicyclic) bond motifs is 1. The second kappa shape index (κ2) is 4.52. The molecule has 18 heavy (non-hydrogen) atoms. The predicted molar refractivity (Wildman–Crippen MR) is 64.1 cm³/mol. The number of carbonyl (C=O) groups is 2. The number of benzene rings is 1. The van der Waals surface area contributed by atoms with Gasteiger partial charge in [0.05, 0.1) is 19.6 Å². The van der Waals surface area contributed by atoms with E-state index in [0.29, 0.717) is 22.3 Å². The van der Waals surface area contributed by atoms with Crippen LogP contribution in [0.25, 0.3) is 11.0 Å². The summed E-state index contributed by atoms with van der Waals surface area (Å²) in [5, 5.41) is 0.575. The fourth-order valence-corrected chi connectivity index (χ4v) is 1.75. The first-order valence-electron chi connectivity index (χ1n) is 5.28. The second-order valence-corrected chi connectivity index (χ2v) is 3.72. The van der Waals surface area contributed by atoms with Crippen molar-refractivity contribution >= 4 is 22.7 Å². The molecule has 0 spiro atoms. The number of Topliss-reactive ketones (excluding diaryl/α,β-unsaturated/α-hetero) is 1. The molecular formula is C13H12O5. The number of ketones is 1. The SMILES string of the molecule is COC(=O)c1ccc2oc(C(C)=O)cc2c1OC. The van der Waals surface area contributed by atoms with Crippen molar-refractivity contribution in [3.05, 3.63) is 29.5 Å². The average Bonchev–Trinajstić information content (AvgIpc) is 2.80. The van der Waals surface area contributed by atoms with Crippen LogP contribution in [0, 0.1) is 0 Å². The normalized spacial score (nSPS) is 10.4. The molecule has 5 heteroatoms. The number of hydrogen-bond donors (Lipinski definition) is 0. The molecule has 0 bridgehead atoms. The van der Waals surface area contributed by atoms with Crippen molar-refractivity contribution in [2.24, 2.45) is 0 Å². The van der Waals surface area contributed by atoms with E-state index in [0.717, 1.165) is 0 Å². The number of methoxy groups -OCH3 is 2. The van der Waals surface area contributed by atoms with Crippen LogP contribution in [0.15, 0.2) is 22.6 Å². The van der Waals surface area contributed by atoms with Gasteiger partial charge in [0.1, 0.15) is 16.9 Å². The van der Waals surface area contributed by atoms with Gasteiger partial charge in [-0.3, -0.25) is 4.79 Å². The van der Waals surface area contributed by atoms with Gasteiger partial charge in [-0.1, -0.05) is 0 Å². The van der Waals surface area contributed by atoms with Crippen molar-refractivity contribution in [3.8, 4) is 5.75 Å². The third-order valence-corrected chi connectivity index (χ3v) is 2.61. The van der Waals surface area contributed by atoms with Crippen LogP contribution >= 0.6 is 0 Å². The Morgan fingerprint density at radius 1 is 1.22 bits per heavy atom. The maximum Gasteiger partial charge on any atom is 0.341 e. The Morgan fingerprint density at radius 2 is 1.94 bits per heavy atom. The Morgan fingerprint density at radius 3 is 2.50 bits per heavy atom. The molecule has 0 N–H and O–H groups in total. The number of rotatable bonds is 3. The molecule has 1 heterocycles. The van der Waals surface area contributed by atoms with E-state index in [4.69, 9.17) is 9.15 Å². The van der Waals surface area contributed by atoms with Crippen LogP contribution in [0.2, 0.25) is 0 Å². The number of hydrogen-bond acceptors (Lipinski definition) is 5. The Bertz CT molecular complexity index is 624. The summed E-state index contributed by atoms with van der Waals surface area (Å²) in [6, 6.07) is 4.71. The highest BCUT2D eigenvalue weighted by molar-refractivity contribution is 6.03. The monoisotopic (exact) mass is 248 g/mol. The fraction of sp³-hybridized carbons (Fsp3) is 0.231. The van der Waals surface area contributed by atoms with E-state index >= 15 is 0 Å². The van der Waals surface area contributed by atoms with Gasteiger partial charge in [-0.25, -0.2) is 4.79 Å². The lowest BCUT2D eigenvalue weighted by atomic mass is 10.1. The quantitative estimate of drug-likeness (QED) is 0.616. The van der Waals surface area contributed by atoms with Crippen LogP contribution in [0.4, 0.5) is 0 Å². The lowest BCUT2D eigenvalue weighted by molar-refractivity contribution is 0.0597. The smallest absolute Gasteiger partial charge is 0.341 e. The maximum absolute atomic E-state index is 11.6. The molecule has 0 saturated carbocycles. The van der Waals surface area contributed by atoms with E-state index in [1.165, 1.54) is 21.1 Å². The van der Waals surface area contributed by atoms with E-state index in [-0.39, 0.29) is 11.5 Å². The van der Waals surface area contributed by atoms with Gasteiger partial charge in [-0.15, -0.1) is 0 Å². The summed E-state index contributed by atoms with van der Waals surface area (Å²) in [5.41, 5.74) is 0.785. The highest BCUT2D eigenvalue weighted by Crippen LogP contribution is 2.32. The third-order valence-electron chi connectivity index (χ3n) is 2.61. The van der Waals surface area contributed by atoms with Crippen molar-refractivity contribution in [3.63, 3.8) is 0 Å². The molecule has 94 valence electrons. The molecule has 5 nitrogen and oxygen atoms in total. The number of carbonyl (C=O) groups excluding carboxylic acids is 2. The number of ether oxygens (including phenoxy) is 2. The number of esters is 1. The molecule has 1 aromatic heterocycles. The lowest BCUT2D eigenvalue weighted by Crippen LogP contribution is -2.03. The van der Waals surface area contributed by atoms with E-state index in [1.54, 1.807) is 18.2 Å². The predicted octanol–water partition coefficient (Wildman–Crippen LogP) is 2.43. The van der Waals surface area contributed by atoms with Crippen molar-refractivity contribution in [2.45, 2.75) is 6.92 Å². The van der Waals surface area contributed by atoms with Crippen molar-refractivity contribution in [1.29, 1.82) is 0 Å². The van der Waals surface area contributed by atoms with Crippen molar-refractivity contribution in [2.75, 3.05) is 14.2 Å². The molecular weight excluding hydrogens is 236 g/mol. The third kappa shape index (κ3) is 1.84. The molecule has 0 radical (unpaired) electrons. The molecule has 1 aromatic carbocycles. The van der Waals surface area contributed by atoms with Gasteiger partial charge in [-0.2, -0.15) is 0 Å². The van der Waals surface area contributed by atoms with Crippen molar-refractivity contribution in [1.82, 2.24) is 0 Å². The summed E-state index contributed by atoms with van der Waals surface area (Å²) in [6.45, 7) is 1.41. The average molecular weight is 248 g/mol. The first-order valence-corrected chi connectivity index (χ1v) is 5.28. The molecule has 2 rings (SSSR count). The minimum atomic E-state index is -0.501. The maximum atomic E-state index is 11.6. The van der Waals surface area contributed by atoms with Crippen LogP contribution in [0.1, 0.15) is 27.8 Å². The van der Waals surface area contributed by atoms with Crippen LogP contribution in [0.5, 0.6) is 5.75 Å². The minimum Gasteiger partial charge on any atom is -0.495 e. The van der Waals surface area contributed by atoms with E-state index < -0.39 is 5.97 Å². The Balaban J connectivity index is 2.70. The second-order valence-electron chi connectivity index (χ2n) is 3.72. The molecule has 0 aliphatic heterocycles. The van der Waals surface area contributed by atoms with Crippen LogP contribution in [-0.2, 0) is 4.74 Å². The highest BCUT2D eigenvalue weighted by Gasteiger charge is 2.19. The number of furan rings is 1. The molecule has 0 saturated heterocycles. The van der Waals surface area contributed by atoms with Crippen LogP contribution < -0.4 is 4.74 Å². The molecule has 0 unspecified atom stereocenters.